The van der Waals surface area contributed by atoms with Gasteiger partial charge in [-0.15, -0.1) is 0 Å². The first-order valence-corrected chi connectivity index (χ1v) is 11.4. The number of urea groups is 1. The fourth-order valence-electron chi connectivity index (χ4n) is 3.25. The molecule has 198 valence electrons. The maximum Gasteiger partial charge on any atom is 0.412 e. The van der Waals surface area contributed by atoms with Gasteiger partial charge in [0.2, 0.25) is 0 Å². The molecule has 9 nitrogen and oxygen atoms in total. The number of benzene rings is 2. The summed E-state index contributed by atoms with van der Waals surface area (Å²) in [5, 5.41) is 17.3. The van der Waals surface area contributed by atoms with Crippen LogP contribution in [0.25, 0.3) is 11.3 Å². The standard InChI is InChI=1S/C24H24ClF3N4O5/c1-32(22(34)29-12-16-8-5-9-18(26)21(16)25)17(11-24(27,28)14-33)13-36-23(35)30-20-10-19(37-31-20)15-6-3-2-4-7-15/h2-10,17,33H,11-14H2,1H3,(H,29,34)(H,30,31,35)/t17-/m0/s1. The van der Waals surface area contributed by atoms with Crippen molar-refractivity contribution in [2.45, 2.75) is 24.9 Å². The van der Waals surface area contributed by atoms with Gasteiger partial charge in [-0.3, -0.25) is 5.32 Å². The fourth-order valence-corrected chi connectivity index (χ4v) is 3.44. The number of aliphatic hydroxyl groups is 1. The number of hydrogen-bond acceptors (Lipinski definition) is 6. The molecule has 3 N–H and O–H groups in total. The summed E-state index contributed by atoms with van der Waals surface area (Å²) in [6.45, 7) is -2.28. The lowest BCUT2D eigenvalue weighted by Crippen LogP contribution is -2.48. The molecular weight excluding hydrogens is 517 g/mol. The van der Waals surface area contributed by atoms with Crippen LogP contribution in [0.2, 0.25) is 5.02 Å². The molecule has 3 amide bonds. The Labute approximate surface area is 215 Å². The number of anilines is 1. The Morgan fingerprint density at radius 3 is 2.65 bits per heavy atom. The van der Waals surface area contributed by atoms with Crippen molar-refractivity contribution < 1.29 is 37.1 Å². The number of amides is 3. The zero-order chi connectivity index (χ0) is 27.0. The van der Waals surface area contributed by atoms with Crippen molar-refractivity contribution in [3.8, 4) is 11.3 Å². The molecule has 13 heteroatoms. The molecule has 0 aliphatic carbocycles. The Morgan fingerprint density at radius 1 is 1.22 bits per heavy atom. The number of carbonyl (C=O) groups is 2. The quantitative estimate of drug-likeness (QED) is 0.336. The summed E-state index contributed by atoms with van der Waals surface area (Å²) in [4.78, 5) is 25.7. The highest BCUT2D eigenvalue weighted by Gasteiger charge is 2.36. The summed E-state index contributed by atoms with van der Waals surface area (Å²) >= 11 is 5.87. The van der Waals surface area contributed by atoms with E-state index >= 15 is 0 Å². The third kappa shape index (κ3) is 7.86. The molecule has 1 atom stereocenters. The predicted molar refractivity (Wildman–Crippen MR) is 129 cm³/mol. The van der Waals surface area contributed by atoms with Crippen LogP contribution in [0.15, 0.2) is 59.1 Å². The van der Waals surface area contributed by atoms with E-state index < -0.39 is 49.5 Å². The van der Waals surface area contributed by atoms with Gasteiger partial charge in [0.25, 0.3) is 5.92 Å². The first kappa shape index (κ1) is 27.8. The highest BCUT2D eigenvalue weighted by atomic mass is 35.5. The number of nitrogens with zero attached hydrogens (tertiary/aromatic N) is 2. The summed E-state index contributed by atoms with van der Waals surface area (Å²) in [5.41, 5.74) is 0.994. The van der Waals surface area contributed by atoms with Crippen LogP contribution in [0.4, 0.5) is 28.6 Å². The molecule has 0 radical (unpaired) electrons. The van der Waals surface area contributed by atoms with Gasteiger partial charge in [-0.05, 0) is 11.6 Å². The van der Waals surface area contributed by atoms with E-state index in [4.69, 9.17) is 26.0 Å². The lowest BCUT2D eigenvalue weighted by Gasteiger charge is -2.30. The normalized spacial score (nSPS) is 12.1. The van der Waals surface area contributed by atoms with Gasteiger partial charge < -0.3 is 24.6 Å². The first-order valence-electron chi connectivity index (χ1n) is 11.0. The van der Waals surface area contributed by atoms with Crippen molar-refractivity contribution in [3.05, 3.63) is 71.0 Å². The fraction of sp³-hybridized carbons (Fsp3) is 0.292. The second kappa shape index (κ2) is 12.5. The number of nitrogens with one attached hydrogen (secondary N) is 2. The number of carbonyl (C=O) groups excluding carboxylic acids is 2. The zero-order valence-corrected chi connectivity index (χ0v) is 20.3. The second-order valence-electron chi connectivity index (χ2n) is 8.02. The molecule has 3 aromatic rings. The van der Waals surface area contributed by atoms with Gasteiger partial charge in [-0.2, -0.15) is 0 Å². The summed E-state index contributed by atoms with van der Waals surface area (Å²) in [7, 11) is 1.21. The Bertz CT molecular complexity index is 1210. The van der Waals surface area contributed by atoms with Crippen molar-refractivity contribution in [2.75, 3.05) is 25.6 Å². The molecule has 1 aromatic heterocycles. The third-order valence-electron chi connectivity index (χ3n) is 5.30. The highest BCUT2D eigenvalue weighted by Crippen LogP contribution is 2.24. The number of aliphatic hydroxyl groups excluding tert-OH is 1. The van der Waals surface area contributed by atoms with Gasteiger partial charge in [-0.25, -0.2) is 22.8 Å². The Hall–Kier alpha value is -3.77. The third-order valence-corrected chi connectivity index (χ3v) is 5.72. The molecule has 1 heterocycles. The van der Waals surface area contributed by atoms with Crippen LogP contribution >= 0.6 is 11.6 Å². The molecule has 0 bridgehead atoms. The number of halogens is 4. The Kier molecular flexibility index (Phi) is 9.36. The smallest absolute Gasteiger partial charge is 0.412 e. The van der Waals surface area contributed by atoms with Gasteiger partial charge >= 0.3 is 12.1 Å². The lowest BCUT2D eigenvalue weighted by molar-refractivity contribution is -0.0738. The van der Waals surface area contributed by atoms with Gasteiger partial charge in [0.15, 0.2) is 11.6 Å². The van der Waals surface area contributed by atoms with Gasteiger partial charge in [0.05, 0.1) is 11.1 Å². The molecule has 0 spiro atoms. The minimum atomic E-state index is -3.55. The molecular formula is C24H24ClF3N4O5. The van der Waals surface area contributed by atoms with E-state index in [1.54, 1.807) is 24.3 Å². The summed E-state index contributed by atoms with van der Waals surface area (Å²) < 4.78 is 51.7. The minimum absolute atomic E-state index is 0.0270. The van der Waals surface area contributed by atoms with Crippen molar-refractivity contribution in [2.24, 2.45) is 0 Å². The van der Waals surface area contributed by atoms with Crippen molar-refractivity contribution >= 4 is 29.5 Å². The maximum absolute atomic E-state index is 14.0. The summed E-state index contributed by atoms with van der Waals surface area (Å²) in [5.74, 6) is -3.82. The number of hydrogen-bond donors (Lipinski definition) is 3. The second-order valence-corrected chi connectivity index (χ2v) is 8.40. The molecule has 0 saturated heterocycles. The molecule has 37 heavy (non-hydrogen) atoms. The predicted octanol–water partition coefficient (Wildman–Crippen LogP) is 4.91. The van der Waals surface area contributed by atoms with Crippen LogP contribution in [-0.4, -0.2) is 59.5 Å². The number of likely N-dealkylation sites (N-methyl/N-ethyl adjacent to an activating group) is 1. The zero-order valence-electron chi connectivity index (χ0n) is 19.6. The van der Waals surface area contributed by atoms with E-state index in [0.29, 0.717) is 5.76 Å². The first-order chi connectivity index (χ1) is 17.6. The molecule has 0 fully saturated rings. The number of rotatable bonds is 10. The summed E-state index contributed by atoms with van der Waals surface area (Å²) in [6.07, 6.45) is -2.02. The number of ether oxygens (including phenoxy) is 1. The molecule has 0 aliphatic heterocycles. The van der Waals surface area contributed by atoms with Crippen molar-refractivity contribution in [1.29, 1.82) is 0 Å². The van der Waals surface area contributed by atoms with Gasteiger partial charge in [0, 0.05) is 31.6 Å². The molecule has 2 aromatic carbocycles. The SMILES string of the molecule is CN(C(=O)NCc1cccc(F)c1Cl)[C@H](COC(=O)Nc1cc(-c2ccccc2)on1)CC(F)(F)CO. The molecule has 0 saturated carbocycles. The van der Waals surface area contributed by atoms with Crippen molar-refractivity contribution in [1.82, 2.24) is 15.4 Å². The number of aromatic nitrogens is 1. The van der Waals surface area contributed by atoms with Crippen LogP contribution in [0.5, 0.6) is 0 Å². The van der Waals surface area contributed by atoms with Crippen LogP contribution in [0, 0.1) is 5.82 Å². The average molecular weight is 541 g/mol. The molecule has 0 unspecified atom stereocenters. The van der Waals surface area contributed by atoms with E-state index in [2.05, 4.69) is 15.8 Å². The van der Waals surface area contributed by atoms with E-state index in [9.17, 15) is 22.8 Å². The largest absolute Gasteiger partial charge is 0.447 e. The van der Waals surface area contributed by atoms with E-state index in [0.717, 1.165) is 16.5 Å². The van der Waals surface area contributed by atoms with Crippen LogP contribution < -0.4 is 10.6 Å². The topological polar surface area (TPSA) is 117 Å². The Balaban J connectivity index is 1.60. The minimum Gasteiger partial charge on any atom is -0.447 e. The maximum atomic E-state index is 14.0. The van der Waals surface area contributed by atoms with Crippen LogP contribution in [0.1, 0.15) is 12.0 Å². The van der Waals surface area contributed by atoms with Crippen LogP contribution in [-0.2, 0) is 11.3 Å². The summed E-state index contributed by atoms with van der Waals surface area (Å²) in [6, 6.07) is 12.3. The average Bonchev–Trinajstić information content (AvgIpc) is 3.35. The van der Waals surface area contributed by atoms with Crippen LogP contribution in [0.3, 0.4) is 0 Å². The van der Waals surface area contributed by atoms with E-state index in [1.165, 1.54) is 25.2 Å². The lowest BCUT2D eigenvalue weighted by atomic mass is 10.1. The molecule has 0 aliphatic rings. The highest BCUT2D eigenvalue weighted by molar-refractivity contribution is 6.31. The molecule has 3 rings (SSSR count). The number of alkyl halides is 2. The van der Waals surface area contributed by atoms with E-state index in [1.807, 2.05) is 6.07 Å². The van der Waals surface area contributed by atoms with Crippen molar-refractivity contribution in [3.63, 3.8) is 0 Å². The van der Waals surface area contributed by atoms with Gasteiger partial charge in [-0.1, -0.05) is 59.2 Å². The van der Waals surface area contributed by atoms with E-state index in [-0.39, 0.29) is 22.9 Å². The van der Waals surface area contributed by atoms with Gasteiger partial charge in [0.1, 0.15) is 19.0 Å². The monoisotopic (exact) mass is 540 g/mol. The Morgan fingerprint density at radius 2 is 1.95 bits per heavy atom.